The Morgan fingerprint density at radius 3 is 2.50 bits per heavy atom. The molecular formula is C14H20N4O2. The minimum atomic E-state index is -0.402. The van der Waals surface area contributed by atoms with Gasteiger partial charge in [-0.15, -0.1) is 0 Å². The van der Waals surface area contributed by atoms with E-state index in [9.17, 15) is 9.59 Å². The number of nitrogens with two attached hydrogens (primary N) is 1. The lowest BCUT2D eigenvalue weighted by molar-refractivity contribution is -0.136. The lowest BCUT2D eigenvalue weighted by Crippen LogP contribution is -2.45. The number of carbonyl (C=O) groups is 2. The van der Waals surface area contributed by atoms with Crippen LogP contribution in [0.5, 0.6) is 0 Å². The van der Waals surface area contributed by atoms with Crippen LogP contribution in [0.1, 0.15) is 18.4 Å². The number of rotatable bonds is 3. The standard InChI is InChI=1S/C14H20N4O2/c1-17(10-11-2-6-16-7-3-11)13(19)12-4-8-18(9-5-12)14(15)20/h2-3,6-7,12H,4-5,8-10H2,1H3,(H2,15,20). The summed E-state index contributed by atoms with van der Waals surface area (Å²) in [5.74, 6) is 0.114. The molecule has 1 aromatic heterocycles. The molecule has 1 fully saturated rings. The largest absolute Gasteiger partial charge is 0.351 e. The zero-order valence-corrected chi connectivity index (χ0v) is 11.7. The lowest BCUT2D eigenvalue weighted by atomic mass is 9.95. The Kier molecular flexibility index (Phi) is 4.55. The first kappa shape index (κ1) is 14.3. The predicted molar refractivity (Wildman–Crippen MR) is 74.6 cm³/mol. The van der Waals surface area contributed by atoms with Gasteiger partial charge in [-0.05, 0) is 30.5 Å². The van der Waals surface area contributed by atoms with E-state index >= 15 is 0 Å². The van der Waals surface area contributed by atoms with Crippen molar-refractivity contribution in [1.29, 1.82) is 0 Å². The van der Waals surface area contributed by atoms with Crippen LogP contribution in [-0.2, 0) is 11.3 Å². The zero-order chi connectivity index (χ0) is 14.5. The number of primary amides is 1. The van der Waals surface area contributed by atoms with Gasteiger partial charge >= 0.3 is 6.03 Å². The molecule has 1 aromatic rings. The van der Waals surface area contributed by atoms with Crippen molar-refractivity contribution in [2.24, 2.45) is 11.7 Å². The zero-order valence-electron chi connectivity index (χ0n) is 11.7. The molecule has 6 nitrogen and oxygen atoms in total. The van der Waals surface area contributed by atoms with Crippen LogP contribution in [0.2, 0.25) is 0 Å². The number of likely N-dealkylation sites (tertiary alicyclic amines) is 1. The fourth-order valence-electron chi connectivity index (χ4n) is 2.50. The van der Waals surface area contributed by atoms with E-state index in [1.807, 2.05) is 19.2 Å². The number of hydrogen-bond donors (Lipinski definition) is 1. The van der Waals surface area contributed by atoms with Gasteiger partial charge in [-0.25, -0.2) is 4.79 Å². The molecule has 3 amide bonds. The summed E-state index contributed by atoms with van der Waals surface area (Å²) in [6, 6.07) is 3.40. The average Bonchev–Trinajstić information content (AvgIpc) is 2.47. The van der Waals surface area contributed by atoms with Crippen molar-refractivity contribution in [2.45, 2.75) is 19.4 Å². The molecule has 1 aliphatic rings. The summed E-state index contributed by atoms with van der Waals surface area (Å²) < 4.78 is 0. The highest BCUT2D eigenvalue weighted by molar-refractivity contribution is 5.79. The highest BCUT2D eigenvalue weighted by atomic mass is 16.2. The Morgan fingerprint density at radius 1 is 1.35 bits per heavy atom. The fraction of sp³-hybridized carbons (Fsp3) is 0.500. The van der Waals surface area contributed by atoms with E-state index in [0.29, 0.717) is 32.5 Å². The monoisotopic (exact) mass is 276 g/mol. The Balaban J connectivity index is 1.87. The average molecular weight is 276 g/mol. The Morgan fingerprint density at radius 2 is 1.95 bits per heavy atom. The van der Waals surface area contributed by atoms with E-state index in [-0.39, 0.29) is 11.8 Å². The number of amides is 3. The number of nitrogens with zero attached hydrogens (tertiary/aromatic N) is 3. The van der Waals surface area contributed by atoms with Crippen molar-refractivity contribution in [3.8, 4) is 0 Å². The number of aromatic nitrogens is 1. The lowest BCUT2D eigenvalue weighted by Gasteiger charge is -2.32. The number of hydrogen-bond acceptors (Lipinski definition) is 3. The predicted octanol–water partition coefficient (Wildman–Crippen LogP) is 0.831. The summed E-state index contributed by atoms with van der Waals surface area (Å²) in [5, 5.41) is 0. The fourth-order valence-corrected chi connectivity index (χ4v) is 2.50. The molecule has 2 rings (SSSR count). The molecule has 2 N–H and O–H groups in total. The quantitative estimate of drug-likeness (QED) is 0.888. The first-order valence-electron chi connectivity index (χ1n) is 6.76. The molecule has 1 saturated heterocycles. The van der Waals surface area contributed by atoms with Crippen molar-refractivity contribution in [1.82, 2.24) is 14.8 Å². The molecule has 0 atom stereocenters. The van der Waals surface area contributed by atoms with Gasteiger partial charge in [0.25, 0.3) is 0 Å². The third-order valence-electron chi connectivity index (χ3n) is 3.70. The van der Waals surface area contributed by atoms with E-state index < -0.39 is 6.03 Å². The maximum absolute atomic E-state index is 12.4. The summed E-state index contributed by atoms with van der Waals surface area (Å²) in [6.07, 6.45) is 4.81. The van der Waals surface area contributed by atoms with E-state index in [1.54, 1.807) is 22.2 Å². The molecule has 0 radical (unpaired) electrons. The van der Waals surface area contributed by atoms with Gasteiger partial charge in [0.1, 0.15) is 0 Å². The molecule has 0 aromatic carbocycles. The van der Waals surface area contributed by atoms with Gasteiger partial charge in [-0.1, -0.05) is 0 Å². The molecule has 0 bridgehead atoms. The Labute approximate surface area is 118 Å². The molecule has 0 spiro atoms. The summed E-state index contributed by atoms with van der Waals surface area (Å²) in [4.78, 5) is 30.7. The molecule has 2 heterocycles. The third-order valence-corrected chi connectivity index (χ3v) is 3.70. The first-order valence-corrected chi connectivity index (χ1v) is 6.76. The van der Waals surface area contributed by atoms with Crippen molar-refractivity contribution in [2.75, 3.05) is 20.1 Å². The summed E-state index contributed by atoms with van der Waals surface area (Å²) >= 11 is 0. The Hall–Kier alpha value is -2.11. The Bertz CT molecular complexity index is 469. The second-order valence-corrected chi connectivity index (χ2v) is 5.15. The van der Waals surface area contributed by atoms with Crippen LogP contribution in [0.25, 0.3) is 0 Å². The molecule has 108 valence electrons. The van der Waals surface area contributed by atoms with E-state index in [0.717, 1.165) is 5.56 Å². The van der Waals surface area contributed by atoms with Crippen molar-refractivity contribution in [3.63, 3.8) is 0 Å². The second-order valence-electron chi connectivity index (χ2n) is 5.15. The van der Waals surface area contributed by atoms with Gasteiger partial charge < -0.3 is 15.5 Å². The molecular weight excluding hydrogens is 256 g/mol. The van der Waals surface area contributed by atoms with E-state index in [1.165, 1.54) is 0 Å². The molecule has 0 aliphatic carbocycles. The first-order chi connectivity index (χ1) is 9.58. The van der Waals surface area contributed by atoms with Crippen LogP contribution in [-0.4, -0.2) is 46.9 Å². The van der Waals surface area contributed by atoms with Gasteiger partial charge in [0.15, 0.2) is 0 Å². The smallest absolute Gasteiger partial charge is 0.314 e. The van der Waals surface area contributed by atoms with E-state index in [2.05, 4.69) is 4.98 Å². The van der Waals surface area contributed by atoms with Crippen molar-refractivity contribution < 1.29 is 9.59 Å². The highest BCUT2D eigenvalue weighted by Crippen LogP contribution is 2.19. The minimum Gasteiger partial charge on any atom is -0.351 e. The van der Waals surface area contributed by atoms with Crippen LogP contribution in [0.4, 0.5) is 4.79 Å². The van der Waals surface area contributed by atoms with Gasteiger partial charge in [0.2, 0.25) is 5.91 Å². The van der Waals surface area contributed by atoms with Crippen LogP contribution >= 0.6 is 0 Å². The summed E-state index contributed by atoms with van der Waals surface area (Å²) in [5.41, 5.74) is 6.30. The summed E-state index contributed by atoms with van der Waals surface area (Å²) in [6.45, 7) is 1.71. The number of urea groups is 1. The molecule has 0 unspecified atom stereocenters. The van der Waals surface area contributed by atoms with Crippen LogP contribution in [0.15, 0.2) is 24.5 Å². The SMILES string of the molecule is CN(Cc1ccncc1)C(=O)C1CCN(C(N)=O)CC1. The van der Waals surface area contributed by atoms with Crippen LogP contribution in [0.3, 0.4) is 0 Å². The maximum atomic E-state index is 12.4. The molecule has 20 heavy (non-hydrogen) atoms. The second kappa shape index (κ2) is 6.36. The molecule has 6 heteroatoms. The number of piperidine rings is 1. The van der Waals surface area contributed by atoms with Crippen LogP contribution in [0, 0.1) is 5.92 Å². The molecule has 1 aliphatic heterocycles. The number of carbonyl (C=O) groups excluding carboxylic acids is 2. The van der Waals surface area contributed by atoms with Crippen LogP contribution < -0.4 is 5.73 Å². The third kappa shape index (κ3) is 3.46. The van der Waals surface area contributed by atoms with Gasteiger partial charge in [-0.3, -0.25) is 9.78 Å². The van der Waals surface area contributed by atoms with Gasteiger partial charge in [0.05, 0.1) is 0 Å². The topological polar surface area (TPSA) is 79.5 Å². The van der Waals surface area contributed by atoms with Gasteiger partial charge in [-0.2, -0.15) is 0 Å². The van der Waals surface area contributed by atoms with E-state index in [4.69, 9.17) is 5.73 Å². The minimum absolute atomic E-state index is 0.0163. The van der Waals surface area contributed by atoms with Gasteiger partial charge in [0, 0.05) is 45.0 Å². The molecule has 0 saturated carbocycles. The van der Waals surface area contributed by atoms with Crippen molar-refractivity contribution >= 4 is 11.9 Å². The summed E-state index contributed by atoms with van der Waals surface area (Å²) in [7, 11) is 1.81. The normalized spacial score (nSPS) is 15.9. The maximum Gasteiger partial charge on any atom is 0.314 e. The highest BCUT2D eigenvalue weighted by Gasteiger charge is 2.28. The number of pyridine rings is 1. The van der Waals surface area contributed by atoms with Crippen molar-refractivity contribution in [3.05, 3.63) is 30.1 Å².